The molecule has 1 aliphatic heterocycles. The minimum atomic E-state index is -0.879. The average Bonchev–Trinajstić information content (AvgIpc) is 2.38. The largest absolute Gasteiger partial charge is 0.481 e. The quantitative estimate of drug-likeness (QED) is 0.897. The molecule has 5 nitrogen and oxygen atoms in total. The summed E-state index contributed by atoms with van der Waals surface area (Å²) in [6.07, 6.45) is -0.0412. The number of amides is 2. The van der Waals surface area contributed by atoms with Gasteiger partial charge in [-0.3, -0.25) is 4.79 Å². The van der Waals surface area contributed by atoms with E-state index in [-0.39, 0.29) is 18.5 Å². The summed E-state index contributed by atoms with van der Waals surface area (Å²) in [5.74, 6) is 1.03. The minimum Gasteiger partial charge on any atom is -0.481 e. The lowest BCUT2D eigenvalue weighted by Crippen LogP contribution is -2.46. The fourth-order valence-corrected chi connectivity index (χ4v) is 3.17. The van der Waals surface area contributed by atoms with Crippen LogP contribution in [0, 0.1) is 0 Å². The van der Waals surface area contributed by atoms with E-state index >= 15 is 0 Å². The van der Waals surface area contributed by atoms with Crippen LogP contribution in [0.1, 0.15) is 12.5 Å². The number of nitrogens with zero attached hydrogens (tertiary/aromatic N) is 1. The van der Waals surface area contributed by atoms with E-state index in [1.165, 1.54) is 0 Å². The highest BCUT2D eigenvalue weighted by Crippen LogP contribution is 2.18. The molecule has 0 aliphatic carbocycles. The van der Waals surface area contributed by atoms with Crippen LogP contribution in [0.15, 0.2) is 24.3 Å². The highest BCUT2D eigenvalue weighted by Gasteiger charge is 2.23. The Hall–Kier alpha value is -1.69. The topological polar surface area (TPSA) is 69.6 Å². The highest BCUT2D eigenvalue weighted by molar-refractivity contribution is 7.99. The number of carboxylic acids is 1. The Bertz CT molecular complexity index is 507. The first-order valence-corrected chi connectivity index (χ1v) is 7.68. The van der Waals surface area contributed by atoms with Crippen molar-refractivity contribution in [1.82, 2.24) is 4.90 Å². The van der Waals surface area contributed by atoms with Crippen LogP contribution in [0.3, 0.4) is 0 Å². The van der Waals surface area contributed by atoms with Gasteiger partial charge in [0.25, 0.3) is 0 Å². The molecule has 2 rings (SSSR count). The zero-order chi connectivity index (χ0) is 14.5. The molecule has 0 saturated carbocycles. The smallest absolute Gasteiger partial charge is 0.322 e. The molecule has 6 heteroatoms. The number of hydrogen-bond acceptors (Lipinski definition) is 3. The Kier molecular flexibility index (Phi) is 4.89. The zero-order valence-electron chi connectivity index (χ0n) is 11.3. The molecule has 1 heterocycles. The number of carboxylic acid groups (broad SMARTS) is 1. The summed E-state index contributed by atoms with van der Waals surface area (Å²) in [5.41, 5.74) is 1.32. The number of carbonyl (C=O) groups excluding carboxylic acids is 1. The summed E-state index contributed by atoms with van der Waals surface area (Å²) in [7, 11) is 0. The first-order chi connectivity index (χ1) is 9.56. The number of benzene rings is 1. The zero-order valence-corrected chi connectivity index (χ0v) is 12.2. The van der Waals surface area contributed by atoms with Gasteiger partial charge in [0, 0.05) is 29.8 Å². The van der Waals surface area contributed by atoms with E-state index in [4.69, 9.17) is 5.11 Å². The SMILES string of the molecule is CC1CSCCN1C(=O)Nc1cccc(CC(=O)O)c1. The van der Waals surface area contributed by atoms with Crippen molar-refractivity contribution < 1.29 is 14.7 Å². The van der Waals surface area contributed by atoms with Crippen molar-refractivity contribution >= 4 is 29.4 Å². The molecule has 20 heavy (non-hydrogen) atoms. The van der Waals surface area contributed by atoms with Gasteiger partial charge in [-0.05, 0) is 24.6 Å². The monoisotopic (exact) mass is 294 g/mol. The molecule has 1 fully saturated rings. The molecule has 0 bridgehead atoms. The molecule has 1 atom stereocenters. The van der Waals surface area contributed by atoms with E-state index in [0.717, 1.165) is 18.1 Å². The van der Waals surface area contributed by atoms with Crippen LogP contribution in [-0.2, 0) is 11.2 Å². The average molecular weight is 294 g/mol. The number of urea groups is 1. The van der Waals surface area contributed by atoms with E-state index in [1.807, 2.05) is 23.6 Å². The van der Waals surface area contributed by atoms with Crippen LogP contribution < -0.4 is 5.32 Å². The predicted octanol–water partition coefficient (Wildman–Crippen LogP) is 2.28. The molecule has 0 spiro atoms. The van der Waals surface area contributed by atoms with Crippen molar-refractivity contribution in [2.24, 2.45) is 0 Å². The van der Waals surface area contributed by atoms with Crippen molar-refractivity contribution in [3.05, 3.63) is 29.8 Å². The Morgan fingerprint density at radius 2 is 2.30 bits per heavy atom. The third-order valence-corrected chi connectivity index (χ3v) is 4.35. The fourth-order valence-electron chi connectivity index (χ4n) is 2.16. The molecule has 1 unspecified atom stereocenters. The lowest BCUT2D eigenvalue weighted by Gasteiger charge is -2.33. The van der Waals surface area contributed by atoms with Crippen molar-refractivity contribution in [3.8, 4) is 0 Å². The van der Waals surface area contributed by atoms with E-state index in [1.54, 1.807) is 24.3 Å². The second-order valence-corrected chi connectivity index (χ2v) is 5.97. The lowest BCUT2D eigenvalue weighted by atomic mass is 10.1. The van der Waals surface area contributed by atoms with Crippen molar-refractivity contribution in [2.75, 3.05) is 23.4 Å². The molecule has 0 radical (unpaired) electrons. The normalized spacial score (nSPS) is 18.6. The number of anilines is 1. The van der Waals surface area contributed by atoms with Crippen LogP contribution in [0.25, 0.3) is 0 Å². The maximum atomic E-state index is 12.2. The summed E-state index contributed by atoms with van der Waals surface area (Å²) in [5, 5.41) is 11.6. The maximum Gasteiger partial charge on any atom is 0.322 e. The number of thioether (sulfide) groups is 1. The maximum absolute atomic E-state index is 12.2. The number of hydrogen-bond donors (Lipinski definition) is 2. The molecule has 0 aromatic heterocycles. The highest BCUT2D eigenvalue weighted by atomic mass is 32.2. The second-order valence-electron chi connectivity index (χ2n) is 4.82. The molecule has 108 valence electrons. The van der Waals surface area contributed by atoms with E-state index in [9.17, 15) is 9.59 Å². The van der Waals surface area contributed by atoms with Gasteiger partial charge in [-0.25, -0.2) is 4.79 Å². The summed E-state index contributed by atoms with van der Waals surface area (Å²) >= 11 is 1.85. The molecule has 1 aromatic rings. The van der Waals surface area contributed by atoms with Gasteiger partial charge in [0.2, 0.25) is 0 Å². The number of aliphatic carboxylic acids is 1. The Labute approximate surface area is 122 Å². The first kappa shape index (κ1) is 14.7. The Morgan fingerprint density at radius 3 is 3.00 bits per heavy atom. The first-order valence-electron chi connectivity index (χ1n) is 6.52. The van der Waals surface area contributed by atoms with E-state index in [2.05, 4.69) is 5.32 Å². The van der Waals surface area contributed by atoms with Crippen LogP contribution in [0.4, 0.5) is 10.5 Å². The third-order valence-electron chi connectivity index (χ3n) is 3.16. The minimum absolute atomic E-state index is 0.0412. The van der Waals surface area contributed by atoms with E-state index < -0.39 is 5.97 Å². The Balaban J connectivity index is 2.01. The molecule has 1 aliphatic rings. The van der Waals surface area contributed by atoms with Gasteiger partial charge in [0.05, 0.1) is 6.42 Å². The van der Waals surface area contributed by atoms with Crippen molar-refractivity contribution in [2.45, 2.75) is 19.4 Å². The molecular formula is C14H18N2O3S. The standard InChI is InChI=1S/C14H18N2O3S/c1-10-9-20-6-5-16(10)14(19)15-12-4-2-3-11(7-12)8-13(17)18/h2-4,7,10H,5-6,8-9H2,1H3,(H,15,19)(H,17,18). The van der Waals surface area contributed by atoms with Gasteiger partial charge in [-0.2, -0.15) is 11.8 Å². The van der Waals surface area contributed by atoms with Crippen LogP contribution in [0.2, 0.25) is 0 Å². The molecular weight excluding hydrogens is 276 g/mol. The lowest BCUT2D eigenvalue weighted by molar-refractivity contribution is -0.136. The van der Waals surface area contributed by atoms with Crippen LogP contribution in [-0.4, -0.2) is 46.1 Å². The number of carbonyl (C=O) groups is 2. The Morgan fingerprint density at radius 1 is 1.50 bits per heavy atom. The van der Waals surface area contributed by atoms with Crippen molar-refractivity contribution in [1.29, 1.82) is 0 Å². The molecule has 2 N–H and O–H groups in total. The van der Waals surface area contributed by atoms with Crippen LogP contribution >= 0.6 is 11.8 Å². The molecule has 2 amide bonds. The van der Waals surface area contributed by atoms with Crippen LogP contribution in [0.5, 0.6) is 0 Å². The summed E-state index contributed by atoms with van der Waals surface area (Å²) in [6, 6.07) is 7.07. The number of nitrogens with one attached hydrogen (secondary N) is 1. The van der Waals surface area contributed by atoms with Gasteiger partial charge >= 0.3 is 12.0 Å². The van der Waals surface area contributed by atoms with Gasteiger partial charge in [0.1, 0.15) is 0 Å². The predicted molar refractivity (Wildman–Crippen MR) is 80.3 cm³/mol. The summed E-state index contributed by atoms with van der Waals surface area (Å²) in [4.78, 5) is 24.7. The second kappa shape index (κ2) is 6.65. The summed E-state index contributed by atoms with van der Waals surface area (Å²) < 4.78 is 0. The molecule has 1 saturated heterocycles. The third kappa shape index (κ3) is 3.90. The number of rotatable bonds is 3. The van der Waals surface area contributed by atoms with Gasteiger partial charge in [-0.15, -0.1) is 0 Å². The fraction of sp³-hybridized carbons (Fsp3) is 0.429. The van der Waals surface area contributed by atoms with Gasteiger partial charge < -0.3 is 15.3 Å². The summed E-state index contributed by atoms with van der Waals surface area (Å²) in [6.45, 7) is 2.78. The molecule has 1 aromatic carbocycles. The van der Waals surface area contributed by atoms with Gasteiger partial charge in [-0.1, -0.05) is 12.1 Å². The van der Waals surface area contributed by atoms with E-state index in [0.29, 0.717) is 11.3 Å². The van der Waals surface area contributed by atoms with Gasteiger partial charge in [0.15, 0.2) is 0 Å². The van der Waals surface area contributed by atoms with Crippen molar-refractivity contribution in [3.63, 3.8) is 0 Å².